The van der Waals surface area contributed by atoms with E-state index in [4.69, 9.17) is 5.26 Å². The van der Waals surface area contributed by atoms with Gasteiger partial charge in [0.25, 0.3) is 0 Å². The van der Waals surface area contributed by atoms with Crippen LogP contribution in [0.1, 0.15) is 5.69 Å². The Morgan fingerprint density at radius 2 is 2.20 bits per heavy atom. The minimum atomic E-state index is -5.09. The molecule has 0 atom stereocenters. The molecule has 0 unspecified atom stereocenters. The Hall–Kier alpha value is -2.10. The zero-order valence-corrected chi connectivity index (χ0v) is 7.08. The van der Waals surface area contributed by atoms with Crippen molar-refractivity contribution in [2.24, 2.45) is 0 Å². The van der Waals surface area contributed by atoms with Crippen LogP contribution in [0.25, 0.3) is 0 Å². The Morgan fingerprint density at radius 3 is 2.73 bits per heavy atom. The molecule has 0 saturated carbocycles. The van der Waals surface area contributed by atoms with Crippen LogP contribution in [0.15, 0.2) is 18.3 Å². The van der Waals surface area contributed by atoms with Gasteiger partial charge < -0.3 is 4.74 Å². The van der Waals surface area contributed by atoms with Crippen molar-refractivity contribution in [3.63, 3.8) is 0 Å². The molecule has 0 aliphatic rings. The van der Waals surface area contributed by atoms with E-state index in [1.54, 1.807) is 0 Å². The first kappa shape index (κ1) is 11.0. The molecule has 0 aromatic carbocycles. The van der Waals surface area contributed by atoms with Gasteiger partial charge in [-0.2, -0.15) is 18.4 Å². The van der Waals surface area contributed by atoms with E-state index < -0.39 is 17.9 Å². The van der Waals surface area contributed by atoms with E-state index in [9.17, 15) is 18.0 Å². The molecule has 0 aliphatic carbocycles. The Labute approximate surface area is 81.9 Å². The number of pyridine rings is 1. The fourth-order valence-corrected chi connectivity index (χ4v) is 0.715. The van der Waals surface area contributed by atoms with Crippen LogP contribution >= 0.6 is 0 Å². The van der Waals surface area contributed by atoms with E-state index in [1.165, 1.54) is 18.3 Å². The summed E-state index contributed by atoms with van der Waals surface area (Å²) in [4.78, 5) is 13.8. The van der Waals surface area contributed by atoms with Gasteiger partial charge in [0.2, 0.25) is 0 Å². The van der Waals surface area contributed by atoms with Crippen molar-refractivity contribution in [1.29, 1.82) is 5.26 Å². The van der Waals surface area contributed by atoms with Crippen molar-refractivity contribution in [3.8, 4) is 11.8 Å². The van der Waals surface area contributed by atoms with Gasteiger partial charge in [-0.25, -0.2) is 9.78 Å². The van der Waals surface area contributed by atoms with Crippen molar-refractivity contribution in [3.05, 3.63) is 24.0 Å². The molecule has 0 N–H and O–H groups in total. The van der Waals surface area contributed by atoms with Crippen molar-refractivity contribution >= 4 is 5.97 Å². The number of nitriles is 1. The summed E-state index contributed by atoms with van der Waals surface area (Å²) in [5.74, 6) is -2.89. The normalized spacial score (nSPS) is 10.5. The van der Waals surface area contributed by atoms with Crippen LogP contribution in [0, 0.1) is 11.3 Å². The topological polar surface area (TPSA) is 63.0 Å². The predicted octanol–water partition coefficient (Wildman–Crippen LogP) is 1.42. The van der Waals surface area contributed by atoms with Crippen LogP contribution in [-0.2, 0) is 4.79 Å². The molecule has 0 amide bonds. The number of nitrogens with zero attached hydrogens (tertiary/aromatic N) is 2. The largest absolute Gasteiger partial charge is 0.491 e. The lowest BCUT2D eigenvalue weighted by molar-refractivity contribution is -0.189. The van der Waals surface area contributed by atoms with Gasteiger partial charge >= 0.3 is 12.1 Å². The maximum absolute atomic E-state index is 11.8. The fraction of sp³-hybridized carbons (Fsp3) is 0.125. The fourth-order valence-electron chi connectivity index (χ4n) is 0.715. The van der Waals surface area contributed by atoms with E-state index in [0.717, 1.165) is 6.07 Å². The lowest BCUT2D eigenvalue weighted by Crippen LogP contribution is -2.28. The monoisotopic (exact) mass is 216 g/mol. The molecule has 0 aliphatic heterocycles. The first-order valence-corrected chi connectivity index (χ1v) is 3.59. The van der Waals surface area contributed by atoms with Crippen LogP contribution in [0.2, 0.25) is 0 Å². The lowest BCUT2D eigenvalue weighted by Gasteiger charge is -2.06. The van der Waals surface area contributed by atoms with Crippen molar-refractivity contribution in [1.82, 2.24) is 4.98 Å². The zero-order valence-electron chi connectivity index (χ0n) is 7.08. The van der Waals surface area contributed by atoms with Crippen LogP contribution in [0.5, 0.6) is 5.75 Å². The third-order valence-corrected chi connectivity index (χ3v) is 1.31. The van der Waals surface area contributed by atoms with E-state index >= 15 is 0 Å². The molecular weight excluding hydrogens is 213 g/mol. The maximum atomic E-state index is 11.8. The number of hydrogen-bond donors (Lipinski definition) is 0. The Morgan fingerprint density at radius 1 is 1.53 bits per heavy atom. The maximum Gasteiger partial charge on any atom is 0.491 e. The molecule has 0 saturated heterocycles. The van der Waals surface area contributed by atoms with Gasteiger partial charge in [0.05, 0.1) is 0 Å². The molecule has 0 spiro atoms. The first-order chi connectivity index (χ1) is 6.95. The molecular formula is C8H3F3N2O2. The molecule has 1 heterocycles. The first-order valence-electron chi connectivity index (χ1n) is 3.59. The smallest absolute Gasteiger partial charge is 0.417 e. The molecule has 0 fully saturated rings. The summed E-state index contributed by atoms with van der Waals surface area (Å²) >= 11 is 0. The Kier molecular flexibility index (Phi) is 2.90. The number of halogens is 3. The van der Waals surface area contributed by atoms with Crippen LogP contribution in [-0.4, -0.2) is 17.1 Å². The molecule has 4 nitrogen and oxygen atoms in total. The molecule has 1 aromatic rings. The van der Waals surface area contributed by atoms with Gasteiger partial charge in [-0.05, 0) is 12.1 Å². The van der Waals surface area contributed by atoms with Crippen LogP contribution < -0.4 is 4.74 Å². The number of carbonyl (C=O) groups excluding carboxylic acids is 1. The van der Waals surface area contributed by atoms with Crippen LogP contribution in [0.4, 0.5) is 13.2 Å². The molecule has 7 heteroatoms. The van der Waals surface area contributed by atoms with E-state index in [-0.39, 0.29) is 5.69 Å². The summed E-state index contributed by atoms with van der Waals surface area (Å²) in [5, 5.41) is 8.45. The third-order valence-electron chi connectivity index (χ3n) is 1.31. The van der Waals surface area contributed by atoms with E-state index in [0.29, 0.717) is 0 Å². The Balaban J connectivity index is 2.92. The highest BCUT2D eigenvalue weighted by atomic mass is 19.4. The van der Waals surface area contributed by atoms with Gasteiger partial charge in [-0.15, -0.1) is 0 Å². The molecule has 1 aromatic heterocycles. The minimum absolute atomic E-state index is 0.380. The number of alkyl halides is 3. The predicted molar refractivity (Wildman–Crippen MR) is 40.6 cm³/mol. The summed E-state index contributed by atoms with van der Waals surface area (Å²) in [6.45, 7) is 0. The van der Waals surface area contributed by atoms with Crippen molar-refractivity contribution in [2.75, 3.05) is 0 Å². The molecule has 78 valence electrons. The minimum Gasteiger partial charge on any atom is -0.417 e. The number of esters is 1. The number of carbonyl (C=O) groups is 1. The summed E-state index contributed by atoms with van der Waals surface area (Å²) in [5.41, 5.74) is -0.380. The van der Waals surface area contributed by atoms with Gasteiger partial charge in [0.1, 0.15) is 6.07 Å². The summed E-state index contributed by atoms with van der Waals surface area (Å²) < 4.78 is 39.3. The van der Waals surface area contributed by atoms with Crippen molar-refractivity contribution in [2.45, 2.75) is 6.18 Å². The quantitative estimate of drug-likeness (QED) is 0.666. The molecule has 0 radical (unpaired) electrons. The SMILES string of the molecule is N#Cc1ncccc1OC(=O)C(F)(F)F. The second-order valence-electron chi connectivity index (χ2n) is 2.35. The molecule has 15 heavy (non-hydrogen) atoms. The Bertz CT molecular complexity index is 423. The zero-order chi connectivity index (χ0) is 11.5. The number of hydrogen-bond acceptors (Lipinski definition) is 4. The van der Waals surface area contributed by atoms with Crippen molar-refractivity contribution < 1.29 is 22.7 Å². The van der Waals surface area contributed by atoms with Crippen LogP contribution in [0.3, 0.4) is 0 Å². The number of ether oxygens (including phenoxy) is 1. The summed E-state index contributed by atoms with van der Waals surface area (Å²) in [6.07, 6.45) is -3.90. The van der Waals surface area contributed by atoms with Gasteiger partial charge in [-0.1, -0.05) is 0 Å². The second kappa shape index (κ2) is 3.96. The van der Waals surface area contributed by atoms with Gasteiger partial charge in [-0.3, -0.25) is 0 Å². The highest BCUT2D eigenvalue weighted by Crippen LogP contribution is 2.21. The van der Waals surface area contributed by atoms with E-state index in [1.807, 2.05) is 0 Å². The second-order valence-corrected chi connectivity index (χ2v) is 2.35. The highest BCUT2D eigenvalue weighted by Gasteiger charge is 2.41. The molecule has 1 rings (SSSR count). The summed E-state index contributed by atoms with van der Waals surface area (Å²) in [6, 6.07) is 3.80. The average molecular weight is 216 g/mol. The summed E-state index contributed by atoms with van der Waals surface area (Å²) in [7, 11) is 0. The van der Waals surface area contributed by atoms with Gasteiger partial charge in [0, 0.05) is 6.20 Å². The number of rotatable bonds is 1. The van der Waals surface area contributed by atoms with Gasteiger partial charge in [0.15, 0.2) is 11.4 Å². The standard InChI is InChI=1S/C8H3F3N2O2/c9-8(10,11)7(14)15-6-2-1-3-13-5(6)4-12/h1-3H. The third kappa shape index (κ3) is 2.67. The van der Waals surface area contributed by atoms with E-state index in [2.05, 4.69) is 9.72 Å². The lowest BCUT2D eigenvalue weighted by atomic mass is 10.3. The average Bonchev–Trinajstić information content (AvgIpc) is 2.17. The number of aromatic nitrogens is 1. The molecule has 0 bridgehead atoms. The highest BCUT2D eigenvalue weighted by molar-refractivity contribution is 5.78.